The van der Waals surface area contributed by atoms with Gasteiger partial charge in [-0.25, -0.2) is 0 Å². The molecule has 0 bridgehead atoms. The maximum Gasteiger partial charge on any atom is 0.224 e. The van der Waals surface area contributed by atoms with Gasteiger partial charge >= 0.3 is 0 Å². The molecule has 4 heteroatoms. The summed E-state index contributed by atoms with van der Waals surface area (Å²) in [7, 11) is 0. The average Bonchev–Trinajstić information content (AvgIpc) is 2.92. The number of nitrogens with zero attached hydrogens (tertiary/aromatic N) is 1. The predicted octanol–water partition coefficient (Wildman–Crippen LogP) is 0.517. The number of carbonyl (C=O) groups is 1. The van der Waals surface area contributed by atoms with Crippen molar-refractivity contribution in [1.82, 2.24) is 10.2 Å². The molecule has 3 unspecified atom stereocenters. The third-order valence-electron chi connectivity index (χ3n) is 3.97. The second-order valence-corrected chi connectivity index (χ2v) is 5.32. The first kappa shape index (κ1) is 10.5. The number of likely N-dealkylation sites (tertiary alicyclic amines) is 1. The average molecular weight is 224 g/mol. The molecule has 1 amide bonds. The number of nitrogens with one attached hydrogen (secondary N) is 1. The highest BCUT2D eigenvalue weighted by Gasteiger charge is 2.40. The van der Waals surface area contributed by atoms with Gasteiger partial charge < -0.3 is 15.0 Å². The highest BCUT2D eigenvalue weighted by atomic mass is 16.5. The highest BCUT2D eigenvalue weighted by Crippen LogP contribution is 2.31. The van der Waals surface area contributed by atoms with E-state index in [0.29, 0.717) is 36.6 Å². The molecule has 2 saturated heterocycles. The fourth-order valence-electron chi connectivity index (χ4n) is 2.84. The number of amides is 1. The fraction of sp³-hybridized carbons (Fsp3) is 0.917. The molecule has 3 atom stereocenters. The zero-order valence-corrected chi connectivity index (χ0v) is 9.82. The van der Waals surface area contributed by atoms with Gasteiger partial charge in [-0.1, -0.05) is 0 Å². The van der Waals surface area contributed by atoms with E-state index in [9.17, 15) is 4.79 Å². The third-order valence-corrected chi connectivity index (χ3v) is 3.97. The molecular weight excluding hydrogens is 204 g/mol. The molecule has 90 valence electrons. The van der Waals surface area contributed by atoms with Crippen LogP contribution in [-0.4, -0.2) is 48.2 Å². The Hall–Kier alpha value is -0.610. The van der Waals surface area contributed by atoms with E-state index in [2.05, 4.69) is 17.1 Å². The molecule has 3 rings (SSSR count). The summed E-state index contributed by atoms with van der Waals surface area (Å²) in [5, 5.41) is 3.58. The van der Waals surface area contributed by atoms with Gasteiger partial charge in [-0.15, -0.1) is 0 Å². The van der Waals surface area contributed by atoms with Gasteiger partial charge in [-0.2, -0.15) is 0 Å². The highest BCUT2D eigenvalue weighted by molar-refractivity contribution is 5.80. The van der Waals surface area contributed by atoms with Crippen molar-refractivity contribution in [3.05, 3.63) is 0 Å². The minimum atomic E-state index is 0.296. The normalized spacial score (nSPS) is 39.7. The van der Waals surface area contributed by atoms with E-state index in [-0.39, 0.29) is 0 Å². The van der Waals surface area contributed by atoms with Gasteiger partial charge in [0.1, 0.15) is 0 Å². The Morgan fingerprint density at radius 2 is 2.19 bits per heavy atom. The second-order valence-electron chi connectivity index (χ2n) is 5.32. The van der Waals surface area contributed by atoms with Crippen molar-refractivity contribution in [2.45, 2.75) is 56.8 Å². The zero-order valence-electron chi connectivity index (χ0n) is 9.82. The Morgan fingerprint density at radius 1 is 1.38 bits per heavy atom. The van der Waals surface area contributed by atoms with E-state index in [1.54, 1.807) is 0 Å². The molecule has 1 aliphatic carbocycles. The summed E-state index contributed by atoms with van der Waals surface area (Å²) < 4.78 is 5.53. The van der Waals surface area contributed by atoms with E-state index >= 15 is 0 Å². The van der Waals surface area contributed by atoms with Crippen LogP contribution in [-0.2, 0) is 9.53 Å². The monoisotopic (exact) mass is 224 g/mol. The molecule has 2 heterocycles. The van der Waals surface area contributed by atoms with Crippen LogP contribution in [0, 0.1) is 0 Å². The molecule has 1 saturated carbocycles. The number of hydrogen-bond donors (Lipinski definition) is 1. The first-order valence-electron chi connectivity index (χ1n) is 6.41. The van der Waals surface area contributed by atoms with Crippen molar-refractivity contribution in [2.24, 2.45) is 0 Å². The first-order valence-corrected chi connectivity index (χ1v) is 6.41. The lowest BCUT2D eigenvalue weighted by Crippen LogP contribution is -2.43. The summed E-state index contributed by atoms with van der Waals surface area (Å²) in [6, 6.07) is 1.36. The Labute approximate surface area is 96.3 Å². The zero-order chi connectivity index (χ0) is 11.1. The van der Waals surface area contributed by atoms with Crippen LogP contribution in [0.3, 0.4) is 0 Å². The molecule has 0 radical (unpaired) electrons. The lowest BCUT2D eigenvalue weighted by atomic mass is 10.1. The van der Waals surface area contributed by atoms with Gasteiger partial charge in [0.15, 0.2) is 0 Å². The summed E-state index contributed by atoms with van der Waals surface area (Å²) in [4.78, 5) is 13.8. The molecule has 0 aromatic rings. The molecular formula is C12H20N2O2. The molecule has 0 aromatic heterocycles. The van der Waals surface area contributed by atoms with E-state index in [0.717, 1.165) is 19.6 Å². The van der Waals surface area contributed by atoms with Crippen molar-refractivity contribution in [3.8, 4) is 0 Å². The molecule has 1 N–H and O–H groups in total. The van der Waals surface area contributed by atoms with Crippen molar-refractivity contribution in [2.75, 3.05) is 13.2 Å². The van der Waals surface area contributed by atoms with Crippen molar-refractivity contribution in [3.63, 3.8) is 0 Å². The summed E-state index contributed by atoms with van der Waals surface area (Å²) in [6.45, 7) is 3.87. The number of rotatable bonds is 3. The van der Waals surface area contributed by atoms with E-state index in [1.165, 1.54) is 12.8 Å². The van der Waals surface area contributed by atoms with Gasteiger partial charge in [0.05, 0.1) is 6.10 Å². The van der Waals surface area contributed by atoms with Crippen molar-refractivity contribution >= 4 is 5.91 Å². The fourth-order valence-corrected chi connectivity index (χ4v) is 2.84. The lowest BCUT2D eigenvalue weighted by Gasteiger charge is -2.21. The number of ether oxygens (including phenoxy) is 1. The van der Waals surface area contributed by atoms with Crippen LogP contribution in [0.15, 0.2) is 0 Å². The molecule has 0 spiro atoms. The van der Waals surface area contributed by atoms with Crippen LogP contribution >= 0.6 is 0 Å². The van der Waals surface area contributed by atoms with Crippen LogP contribution in [0.5, 0.6) is 0 Å². The quantitative estimate of drug-likeness (QED) is 0.760. The second kappa shape index (κ2) is 4.00. The van der Waals surface area contributed by atoms with Crippen molar-refractivity contribution in [1.29, 1.82) is 0 Å². The maximum atomic E-state index is 11.8. The van der Waals surface area contributed by atoms with Crippen LogP contribution in [0.1, 0.15) is 32.6 Å². The van der Waals surface area contributed by atoms with Gasteiger partial charge in [-0.05, 0) is 26.2 Å². The van der Waals surface area contributed by atoms with Gasteiger partial charge in [-0.3, -0.25) is 4.79 Å². The van der Waals surface area contributed by atoms with Gasteiger partial charge in [0.2, 0.25) is 5.91 Å². The first-order chi connectivity index (χ1) is 7.74. The minimum Gasteiger partial charge on any atom is -0.377 e. The molecule has 16 heavy (non-hydrogen) atoms. The van der Waals surface area contributed by atoms with Crippen LogP contribution in [0.4, 0.5) is 0 Å². The maximum absolute atomic E-state index is 11.8. The Kier molecular flexibility index (Phi) is 2.64. The van der Waals surface area contributed by atoms with E-state index in [4.69, 9.17) is 4.74 Å². The topological polar surface area (TPSA) is 41.6 Å². The van der Waals surface area contributed by atoms with Crippen molar-refractivity contribution < 1.29 is 9.53 Å². The van der Waals surface area contributed by atoms with Crippen LogP contribution < -0.4 is 5.32 Å². The predicted molar refractivity (Wildman–Crippen MR) is 60.1 cm³/mol. The van der Waals surface area contributed by atoms with Crippen LogP contribution in [0.2, 0.25) is 0 Å². The summed E-state index contributed by atoms with van der Waals surface area (Å²) in [5.74, 6) is 0.339. The molecule has 0 aromatic carbocycles. The van der Waals surface area contributed by atoms with Gasteiger partial charge in [0.25, 0.3) is 0 Å². The van der Waals surface area contributed by atoms with E-state index < -0.39 is 0 Å². The van der Waals surface area contributed by atoms with Gasteiger partial charge in [0, 0.05) is 37.7 Å². The largest absolute Gasteiger partial charge is 0.377 e. The minimum absolute atomic E-state index is 0.296. The SMILES string of the molecule is CC1OCCC1NC1CC(=O)N(C2CC2)C1. The third kappa shape index (κ3) is 1.96. The Bertz CT molecular complexity index is 291. The number of carbonyl (C=O) groups excluding carboxylic acids is 1. The standard InChI is InChI=1S/C12H20N2O2/c1-8-11(4-5-16-8)13-9-6-12(15)14(7-9)10-2-3-10/h8-11,13H,2-7H2,1H3. The van der Waals surface area contributed by atoms with E-state index in [1.807, 2.05) is 0 Å². The molecule has 3 aliphatic rings. The lowest BCUT2D eigenvalue weighted by molar-refractivity contribution is -0.128. The molecule has 2 aliphatic heterocycles. The summed E-state index contributed by atoms with van der Waals surface area (Å²) in [5.41, 5.74) is 0. The number of hydrogen-bond acceptors (Lipinski definition) is 3. The summed E-state index contributed by atoms with van der Waals surface area (Å²) >= 11 is 0. The van der Waals surface area contributed by atoms with Crippen LogP contribution in [0.25, 0.3) is 0 Å². The Morgan fingerprint density at radius 3 is 2.81 bits per heavy atom. The molecule has 3 fully saturated rings. The summed E-state index contributed by atoms with van der Waals surface area (Å²) in [6.07, 6.45) is 4.47. The Balaban J connectivity index is 1.54. The smallest absolute Gasteiger partial charge is 0.224 e. The molecule has 4 nitrogen and oxygen atoms in total.